The lowest BCUT2D eigenvalue weighted by molar-refractivity contribution is 0.0691. The highest BCUT2D eigenvalue weighted by molar-refractivity contribution is 6.39. The van der Waals surface area contributed by atoms with E-state index in [0.29, 0.717) is 49.3 Å². The number of hydrogen-bond acceptors (Lipinski definition) is 5. The molecule has 208 valence electrons. The van der Waals surface area contributed by atoms with Gasteiger partial charge in [-0.3, -0.25) is 4.68 Å². The number of aryl methyl sites for hydroxylation is 1. The predicted molar refractivity (Wildman–Crippen MR) is 157 cm³/mol. The first-order valence-electron chi connectivity index (χ1n) is 13.3. The molecule has 2 fully saturated rings. The summed E-state index contributed by atoms with van der Waals surface area (Å²) in [7, 11) is 1.76. The lowest BCUT2D eigenvalue weighted by Crippen LogP contribution is -2.00. The van der Waals surface area contributed by atoms with Gasteiger partial charge in [0.2, 0.25) is 0 Å². The van der Waals surface area contributed by atoms with Crippen molar-refractivity contribution in [1.29, 1.82) is 0 Å². The van der Waals surface area contributed by atoms with Gasteiger partial charge in [-0.2, -0.15) is 5.10 Å². The maximum atomic E-state index is 11.5. The molecule has 0 saturated heterocycles. The fourth-order valence-electron chi connectivity index (χ4n) is 5.67. The van der Waals surface area contributed by atoms with Gasteiger partial charge in [-0.1, -0.05) is 64.2 Å². The fourth-order valence-corrected chi connectivity index (χ4v) is 6.56. The van der Waals surface area contributed by atoms with Gasteiger partial charge in [0.15, 0.2) is 5.69 Å². The van der Waals surface area contributed by atoms with Crippen molar-refractivity contribution < 1.29 is 19.2 Å². The smallest absolute Gasteiger partial charge is 0.357 e. The Bertz CT molecular complexity index is 1820. The molecule has 2 aromatic heterocycles. The minimum absolute atomic E-state index is 0.0672. The van der Waals surface area contributed by atoms with E-state index in [9.17, 15) is 9.90 Å². The van der Waals surface area contributed by atoms with E-state index in [4.69, 9.17) is 44.1 Å². The molecule has 2 atom stereocenters. The van der Waals surface area contributed by atoms with Gasteiger partial charge in [0, 0.05) is 28.9 Å². The van der Waals surface area contributed by atoms with Crippen molar-refractivity contribution in [3.8, 4) is 17.0 Å². The number of halogens is 3. The average molecular weight is 609 g/mol. The Kier molecular flexibility index (Phi) is 6.49. The lowest BCUT2D eigenvalue weighted by Gasteiger charge is -2.11. The number of hydrogen-bond donors (Lipinski definition) is 1. The molecule has 0 spiro atoms. The van der Waals surface area contributed by atoms with E-state index in [1.807, 2.05) is 36.4 Å². The number of ether oxygens (including phenoxy) is 1. The zero-order valence-electron chi connectivity index (χ0n) is 21.9. The topological polar surface area (TPSA) is 90.4 Å². The number of carboxylic acids is 1. The van der Waals surface area contributed by atoms with Crippen LogP contribution in [0.3, 0.4) is 0 Å². The molecule has 7 nitrogen and oxygen atoms in total. The maximum absolute atomic E-state index is 11.5. The molecular formula is C31H24Cl3N3O4. The van der Waals surface area contributed by atoms with Crippen LogP contribution in [-0.4, -0.2) is 26.0 Å². The summed E-state index contributed by atoms with van der Waals surface area (Å²) in [5, 5.41) is 20.2. The monoisotopic (exact) mass is 607 g/mol. The van der Waals surface area contributed by atoms with Gasteiger partial charge in [0.05, 0.1) is 21.1 Å². The van der Waals surface area contributed by atoms with Crippen molar-refractivity contribution in [2.75, 3.05) is 0 Å². The molecule has 0 radical (unpaired) electrons. The zero-order chi connectivity index (χ0) is 28.4. The highest BCUT2D eigenvalue weighted by atomic mass is 35.5. The third kappa shape index (κ3) is 4.76. The molecule has 7 rings (SSSR count). The average Bonchev–Trinajstić information content (AvgIpc) is 3.87. The van der Waals surface area contributed by atoms with E-state index < -0.39 is 5.97 Å². The number of aromatic carboxylic acids is 1. The Balaban J connectivity index is 1.10. The van der Waals surface area contributed by atoms with Crippen LogP contribution in [0.25, 0.3) is 22.2 Å². The summed E-state index contributed by atoms with van der Waals surface area (Å²) in [6, 6.07) is 17.0. The van der Waals surface area contributed by atoms with E-state index in [0.717, 1.165) is 47.2 Å². The molecule has 0 bridgehead atoms. The van der Waals surface area contributed by atoms with Crippen LogP contribution >= 0.6 is 34.8 Å². The summed E-state index contributed by atoms with van der Waals surface area (Å²) in [5.41, 5.74) is 5.17. The second-order valence-corrected chi connectivity index (χ2v) is 11.9. The molecule has 2 aliphatic rings. The third-order valence-corrected chi connectivity index (χ3v) is 8.97. The highest BCUT2D eigenvalue weighted by Crippen LogP contribution is 2.56. The summed E-state index contributed by atoms with van der Waals surface area (Å²) in [5.74, 6) is 1.34. The second kappa shape index (κ2) is 10.1. The first kappa shape index (κ1) is 26.4. The number of aromatic nitrogens is 3. The number of fused-ring (bicyclic) bond motifs is 1. The van der Waals surface area contributed by atoms with Gasteiger partial charge in [-0.05, 0) is 72.6 Å². The molecule has 0 aliphatic heterocycles. The van der Waals surface area contributed by atoms with Crippen molar-refractivity contribution in [2.24, 2.45) is 7.05 Å². The van der Waals surface area contributed by atoms with Crippen LogP contribution < -0.4 is 4.74 Å². The van der Waals surface area contributed by atoms with Crippen LogP contribution in [-0.2, 0) is 13.7 Å². The van der Waals surface area contributed by atoms with E-state index in [2.05, 4.69) is 10.3 Å². The van der Waals surface area contributed by atoms with Crippen LogP contribution in [0, 0.1) is 0 Å². The van der Waals surface area contributed by atoms with Gasteiger partial charge in [-0.25, -0.2) is 4.79 Å². The number of nitrogens with zero attached hydrogens (tertiary/aromatic N) is 3. The molecule has 2 aliphatic carbocycles. The quantitative estimate of drug-likeness (QED) is 0.190. The van der Waals surface area contributed by atoms with E-state index in [1.165, 1.54) is 0 Å². The Morgan fingerprint density at radius 3 is 2.54 bits per heavy atom. The maximum Gasteiger partial charge on any atom is 0.357 e. The van der Waals surface area contributed by atoms with E-state index in [-0.39, 0.29) is 18.2 Å². The molecule has 2 heterocycles. The summed E-state index contributed by atoms with van der Waals surface area (Å²) < 4.78 is 13.6. The van der Waals surface area contributed by atoms with Crippen molar-refractivity contribution in [2.45, 2.75) is 43.6 Å². The number of carbonyl (C=O) groups is 1. The summed E-state index contributed by atoms with van der Waals surface area (Å²) in [4.78, 5) is 11.5. The summed E-state index contributed by atoms with van der Waals surface area (Å²) in [6.45, 7) is 0.247. The minimum Gasteiger partial charge on any atom is -0.489 e. The van der Waals surface area contributed by atoms with Crippen molar-refractivity contribution in [3.05, 3.63) is 97.8 Å². The van der Waals surface area contributed by atoms with Gasteiger partial charge >= 0.3 is 5.97 Å². The molecule has 1 N–H and O–H groups in total. The molecular weight excluding hydrogens is 585 g/mol. The van der Waals surface area contributed by atoms with Gasteiger partial charge < -0.3 is 14.4 Å². The standard InChI is InChI=1S/C31H24Cl3N3O4/c1-37-26-11-16(7-9-19(26)29(35-37)31(38)39)20-13-21(20)18-10-8-17(12-25(18)34)40-14-22-28(36-41-30(22)15-5-6-15)27-23(32)3-2-4-24(27)33/h2-4,7-12,15,20-21H,5-6,13-14H2,1H3,(H,38,39). The van der Waals surface area contributed by atoms with Crippen LogP contribution in [0.2, 0.25) is 15.1 Å². The largest absolute Gasteiger partial charge is 0.489 e. The number of rotatable bonds is 8. The first-order valence-corrected chi connectivity index (χ1v) is 14.5. The Labute approximate surface area is 250 Å². The Morgan fingerprint density at radius 2 is 1.83 bits per heavy atom. The van der Waals surface area contributed by atoms with Crippen LogP contribution in [0.5, 0.6) is 5.75 Å². The number of carboxylic acid groups (broad SMARTS) is 1. The SMILES string of the molecule is Cn1nc(C(=O)O)c2ccc(C3CC3c3ccc(OCc4c(-c5c(Cl)cccc5Cl)noc4C4CC4)cc3Cl)cc21. The molecule has 10 heteroatoms. The molecule has 41 heavy (non-hydrogen) atoms. The fraction of sp³-hybridized carbons (Fsp3) is 0.258. The molecule has 2 saturated carbocycles. The van der Waals surface area contributed by atoms with Crippen molar-refractivity contribution >= 4 is 51.7 Å². The van der Waals surface area contributed by atoms with Gasteiger partial charge in [0.25, 0.3) is 0 Å². The van der Waals surface area contributed by atoms with Gasteiger partial charge in [0.1, 0.15) is 23.8 Å². The van der Waals surface area contributed by atoms with Crippen LogP contribution in [0.4, 0.5) is 0 Å². The molecule has 0 amide bonds. The van der Waals surface area contributed by atoms with Crippen molar-refractivity contribution in [3.63, 3.8) is 0 Å². The lowest BCUT2D eigenvalue weighted by atomic mass is 10.0. The molecule has 5 aromatic rings. The van der Waals surface area contributed by atoms with Gasteiger partial charge in [-0.15, -0.1) is 0 Å². The van der Waals surface area contributed by atoms with Crippen LogP contribution in [0.15, 0.2) is 59.1 Å². The highest BCUT2D eigenvalue weighted by Gasteiger charge is 2.41. The van der Waals surface area contributed by atoms with Crippen LogP contribution in [0.1, 0.15) is 70.0 Å². The number of benzene rings is 3. The zero-order valence-corrected chi connectivity index (χ0v) is 24.2. The predicted octanol–water partition coefficient (Wildman–Crippen LogP) is 8.61. The second-order valence-electron chi connectivity index (χ2n) is 10.7. The molecule has 3 aromatic carbocycles. The summed E-state index contributed by atoms with van der Waals surface area (Å²) >= 11 is 19.7. The van der Waals surface area contributed by atoms with Crippen molar-refractivity contribution in [1.82, 2.24) is 14.9 Å². The first-order chi connectivity index (χ1) is 19.8. The summed E-state index contributed by atoms with van der Waals surface area (Å²) in [6.07, 6.45) is 3.06. The molecule has 2 unspecified atom stereocenters. The third-order valence-electron chi connectivity index (χ3n) is 8.02. The Morgan fingerprint density at radius 1 is 1.05 bits per heavy atom. The minimum atomic E-state index is -1.03. The van der Waals surface area contributed by atoms with E-state index >= 15 is 0 Å². The Hall–Kier alpha value is -3.52. The van der Waals surface area contributed by atoms with E-state index in [1.54, 1.807) is 29.9 Å². The normalized spacial score (nSPS) is 18.1.